The van der Waals surface area contributed by atoms with Crippen LogP contribution in [0.5, 0.6) is 5.75 Å². The molecule has 0 radical (unpaired) electrons. The molecular formula is C16H14N4O2. The SMILES string of the molecule is COc1ccccc1C(=O)N=Nc1[nH]c(N)c2ccccc12. The van der Waals surface area contributed by atoms with Gasteiger partial charge in [0.2, 0.25) is 0 Å². The fourth-order valence-electron chi connectivity index (χ4n) is 2.24. The fraction of sp³-hybridized carbons (Fsp3) is 0.0625. The smallest absolute Gasteiger partial charge is 0.299 e. The van der Waals surface area contributed by atoms with Crippen molar-refractivity contribution >= 4 is 28.3 Å². The Hall–Kier alpha value is -3.15. The third kappa shape index (κ3) is 2.42. The highest BCUT2D eigenvalue weighted by Gasteiger charge is 2.12. The lowest BCUT2D eigenvalue weighted by Crippen LogP contribution is -1.97. The van der Waals surface area contributed by atoms with Crippen LogP contribution in [0, 0.1) is 0 Å². The molecule has 3 rings (SSSR count). The van der Waals surface area contributed by atoms with Gasteiger partial charge in [-0.15, -0.1) is 10.2 Å². The number of rotatable bonds is 3. The predicted octanol–water partition coefficient (Wildman–Crippen LogP) is 3.68. The first kappa shape index (κ1) is 13.8. The average molecular weight is 294 g/mol. The first-order valence-electron chi connectivity index (χ1n) is 6.66. The molecule has 2 aromatic carbocycles. The van der Waals surface area contributed by atoms with Gasteiger partial charge in [0.05, 0.1) is 12.7 Å². The summed E-state index contributed by atoms with van der Waals surface area (Å²) >= 11 is 0. The number of amides is 1. The molecule has 0 saturated carbocycles. The van der Waals surface area contributed by atoms with Crippen LogP contribution >= 0.6 is 0 Å². The van der Waals surface area contributed by atoms with Crippen molar-refractivity contribution in [3.05, 3.63) is 54.1 Å². The molecule has 110 valence electrons. The number of nitrogens with zero attached hydrogens (tertiary/aromatic N) is 2. The van der Waals surface area contributed by atoms with Gasteiger partial charge in [-0.05, 0) is 12.1 Å². The Kier molecular flexibility index (Phi) is 3.57. The third-order valence-electron chi connectivity index (χ3n) is 3.30. The molecule has 22 heavy (non-hydrogen) atoms. The van der Waals surface area contributed by atoms with E-state index in [1.807, 2.05) is 24.3 Å². The van der Waals surface area contributed by atoms with Crippen LogP contribution in [-0.2, 0) is 0 Å². The molecule has 3 N–H and O–H groups in total. The van der Waals surface area contributed by atoms with Crippen LogP contribution in [0.25, 0.3) is 10.8 Å². The molecule has 0 bridgehead atoms. The normalized spacial score (nSPS) is 11.1. The maximum atomic E-state index is 12.2. The van der Waals surface area contributed by atoms with Crippen molar-refractivity contribution < 1.29 is 9.53 Å². The summed E-state index contributed by atoms with van der Waals surface area (Å²) in [6.07, 6.45) is 0. The molecule has 0 unspecified atom stereocenters. The van der Waals surface area contributed by atoms with E-state index in [2.05, 4.69) is 15.2 Å². The van der Waals surface area contributed by atoms with E-state index in [0.29, 0.717) is 22.9 Å². The second kappa shape index (κ2) is 5.69. The van der Waals surface area contributed by atoms with E-state index >= 15 is 0 Å². The second-order valence-electron chi connectivity index (χ2n) is 4.64. The Morgan fingerprint density at radius 1 is 1.09 bits per heavy atom. The quantitative estimate of drug-likeness (QED) is 0.721. The zero-order valence-corrected chi connectivity index (χ0v) is 11.9. The Bertz CT molecular complexity index is 867. The number of aromatic nitrogens is 1. The molecule has 0 aliphatic heterocycles. The standard InChI is InChI=1S/C16H14N4O2/c1-22-13-9-5-4-8-12(13)16(21)20-19-15-11-7-3-2-6-10(11)14(17)18-15/h2-9,18H,17H2,1H3. The molecule has 0 atom stereocenters. The van der Waals surface area contributed by atoms with Gasteiger partial charge in [0.25, 0.3) is 5.91 Å². The van der Waals surface area contributed by atoms with Crippen LogP contribution in [0.4, 0.5) is 11.6 Å². The number of H-pyrrole nitrogens is 1. The number of ether oxygens (including phenoxy) is 1. The number of carbonyl (C=O) groups is 1. The van der Waals surface area contributed by atoms with E-state index in [9.17, 15) is 4.79 Å². The number of nitrogen functional groups attached to an aromatic ring is 1. The lowest BCUT2D eigenvalue weighted by atomic mass is 10.2. The number of aromatic amines is 1. The number of nitrogens with one attached hydrogen (secondary N) is 1. The van der Waals surface area contributed by atoms with Crippen LogP contribution in [0.15, 0.2) is 58.8 Å². The molecule has 3 aromatic rings. The zero-order valence-electron chi connectivity index (χ0n) is 11.9. The number of carbonyl (C=O) groups excluding carboxylic acids is 1. The molecule has 6 heteroatoms. The van der Waals surface area contributed by atoms with Crippen LogP contribution in [0.3, 0.4) is 0 Å². The summed E-state index contributed by atoms with van der Waals surface area (Å²) in [5, 5.41) is 9.41. The summed E-state index contributed by atoms with van der Waals surface area (Å²) in [7, 11) is 1.50. The van der Waals surface area contributed by atoms with Gasteiger partial charge in [0.1, 0.15) is 11.6 Å². The van der Waals surface area contributed by atoms with Crippen LogP contribution < -0.4 is 10.5 Å². The highest BCUT2D eigenvalue weighted by atomic mass is 16.5. The van der Waals surface area contributed by atoms with Gasteiger partial charge in [0, 0.05) is 10.8 Å². The van der Waals surface area contributed by atoms with Crippen molar-refractivity contribution in [3.63, 3.8) is 0 Å². The van der Waals surface area contributed by atoms with Crippen molar-refractivity contribution in [2.24, 2.45) is 10.2 Å². The third-order valence-corrected chi connectivity index (χ3v) is 3.30. The first-order chi connectivity index (χ1) is 10.7. The van der Waals surface area contributed by atoms with Gasteiger partial charge in [0.15, 0.2) is 5.82 Å². The number of hydrogen-bond acceptors (Lipinski definition) is 4. The summed E-state index contributed by atoms with van der Waals surface area (Å²) in [6.45, 7) is 0. The second-order valence-corrected chi connectivity index (χ2v) is 4.64. The highest BCUT2D eigenvalue weighted by molar-refractivity contribution is 6.00. The lowest BCUT2D eigenvalue weighted by molar-refractivity contribution is 0.0992. The van der Waals surface area contributed by atoms with E-state index in [4.69, 9.17) is 10.5 Å². The molecule has 6 nitrogen and oxygen atoms in total. The van der Waals surface area contributed by atoms with E-state index < -0.39 is 5.91 Å². The molecule has 1 amide bonds. The van der Waals surface area contributed by atoms with Gasteiger partial charge in [-0.3, -0.25) is 4.79 Å². The zero-order chi connectivity index (χ0) is 15.5. The van der Waals surface area contributed by atoms with Crippen molar-refractivity contribution in [2.45, 2.75) is 0 Å². The molecule has 1 heterocycles. The van der Waals surface area contributed by atoms with Gasteiger partial charge < -0.3 is 15.5 Å². The van der Waals surface area contributed by atoms with Gasteiger partial charge >= 0.3 is 0 Å². The predicted molar refractivity (Wildman–Crippen MR) is 84.6 cm³/mol. The van der Waals surface area contributed by atoms with Crippen LogP contribution in [0.1, 0.15) is 10.4 Å². The number of nitrogens with two attached hydrogens (primary N) is 1. The minimum atomic E-state index is -0.477. The summed E-state index contributed by atoms with van der Waals surface area (Å²) in [4.78, 5) is 15.1. The molecule has 0 saturated heterocycles. The fourth-order valence-corrected chi connectivity index (χ4v) is 2.24. The molecule has 0 spiro atoms. The minimum absolute atomic E-state index is 0.359. The maximum Gasteiger partial charge on any atom is 0.299 e. The minimum Gasteiger partial charge on any atom is -0.496 e. The summed E-state index contributed by atoms with van der Waals surface area (Å²) in [5.74, 6) is 0.933. The van der Waals surface area contributed by atoms with Gasteiger partial charge in [-0.25, -0.2) is 0 Å². The molecule has 0 fully saturated rings. The monoisotopic (exact) mass is 294 g/mol. The molecule has 0 aliphatic rings. The molecule has 1 aromatic heterocycles. The summed E-state index contributed by atoms with van der Waals surface area (Å²) in [5.41, 5.74) is 6.24. The Morgan fingerprint density at radius 3 is 2.55 bits per heavy atom. The van der Waals surface area contributed by atoms with E-state index in [-0.39, 0.29) is 0 Å². The number of anilines is 1. The number of fused-ring (bicyclic) bond motifs is 1. The Labute approximate surface area is 126 Å². The van der Waals surface area contributed by atoms with E-state index in [1.165, 1.54) is 7.11 Å². The number of hydrogen-bond donors (Lipinski definition) is 2. The maximum absolute atomic E-state index is 12.2. The topological polar surface area (TPSA) is 92.8 Å². The number of azo groups is 1. The number of methoxy groups -OCH3 is 1. The van der Waals surface area contributed by atoms with Crippen molar-refractivity contribution in [2.75, 3.05) is 12.8 Å². The van der Waals surface area contributed by atoms with Crippen molar-refractivity contribution in [3.8, 4) is 5.75 Å². The lowest BCUT2D eigenvalue weighted by Gasteiger charge is -2.03. The van der Waals surface area contributed by atoms with Gasteiger partial charge in [-0.2, -0.15) is 0 Å². The van der Waals surface area contributed by atoms with Crippen molar-refractivity contribution in [1.29, 1.82) is 0 Å². The van der Waals surface area contributed by atoms with Crippen LogP contribution in [-0.4, -0.2) is 18.0 Å². The molecular weight excluding hydrogens is 280 g/mol. The largest absolute Gasteiger partial charge is 0.496 e. The van der Waals surface area contributed by atoms with Crippen LogP contribution in [0.2, 0.25) is 0 Å². The Morgan fingerprint density at radius 2 is 1.77 bits per heavy atom. The van der Waals surface area contributed by atoms with Crippen molar-refractivity contribution in [1.82, 2.24) is 4.98 Å². The van der Waals surface area contributed by atoms with E-state index in [1.54, 1.807) is 24.3 Å². The first-order valence-corrected chi connectivity index (χ1v) is 6.66. The average Bonchev–Trinajstić information content (AvgIpc) is 2.89. The van der Waals surface area contributed by atoms with E-state index in [0.717, 1.165) is 10.8 Å². The number of para-hydroxylation sites is 1. The molecule has 0 aliphatic carbocycles. The Balaban J connectivity index is 1.94. The highest BCUT2D eigenvalue weighted by Crippen LogP contribution is 2.30. The summed E-state index contributed by atoms with van der Waals surface area (Å²) < 4.78 is 5.14. The summed E-state index contributed by atoms with van der Waals surface area (Å²) in [6, 6.07) is 14.4. The number of benzene rings is 2. The van der Waals surface area contributed by atoms with Gasteiger partial charge in [-0.1, -0.05) is 36.4 Å².